The molecule has 0 aromatic carbocycles. The van der Waals surface area contributed by atoms with Crippen molar-refractivity contribution in [1.29, 1.82) is 0 Å². The van der Waals surface area contributed by atoms with Gasteiger partial charge in [-0.15, -0.1) is 0 Å². The molecule has 1 rings (SSSR count). The van der Waals surface area contributed by atoms with E-state index in [1.54, 1.807) is 0 Å². The molecule has 0 aliphatic carbocycles. The molecule has 6 heavy (non-hydrogen) atoms. The third-order valence-corrected chi connectivity index (χ3v) is 4.05. The van der Waals surface area contributed by atoms with Crippen molar-refractivity contribution < 1.29 is 0 Å². The second kappa shape index (κ2) is 1.55. The second-order valence-corrected chi connectivity index (χ2v) is 5.95. The van der Waals surface area contributed by atoms with Crippen molar-refractivity contribution >= 4 is 15.5 Å². The standard InChI is InChI=1S/C2H6N2P2/c3-6(4)5-1-2-5/h1-2H,3-4H2. The maximum absolute atomic E-state index is 5.31. The van der Waals surface area contributed by atoms with Crippen molar-refractivity contribution in [2.24, 2.45) is 11.0 Å². The Hall–Kier alpha value is 0.520. The van der Waals surface area contributed by atoms with Gasteiger partial charge in [-0.3, -0.25) is 11.0 Å². The van der Waals surface area contributed by atoms with Gasteiger partial charge in [0.1, 0.15) is 0 Å². The van der Waals surface area contributed by atoms with Crippen LogP contribution in [-0.4, -0.2) is 0 Å². The van der Waals surface area contributed by atoms with Crippen LogP contribution in [0.4, 0.5) is 0 Å². The van der Waals surface area contributed by atoms with Crippen LogP contribution in [0.1, 0.15) is 0 Å². The van der Waals surface area contributed by atoms with Gasteiger partial charge in [0.15, 0.2) is 0 Å². The molecule has 0 spiro atoms. The molecular formula is C2H6N2P2. The van der Waals surface area contributed by atoms with E-state index < -0.39 is 7.91 Å². The van der Waals surface area contributed by atoms with E-state index in [2.05, 4.69) is 11.6 Å². The minimum Gasteiger partial charge on any atom is -0.294 e. The van der Waals surface area contributed by atoms with E-state index in [9.17, 15) is 0 Å². The van der Waals surface area contributed by atoms with Gasteiger partial charge in [-0.25, -0.2) is 0 Å². The zero-order valence-electron chi connectivity index (χ0n) is 3.20. The van der Waals surface area contributed by atoms with Crippen LogP contribution in [0.2, 0.25) is 0 Å². The summed E-state index contributed by atoms with van der Waals surface area (Å²) in [6.45, 7) is 0. The maximum Gasteiger partial charge on any atom is 0.0618 e. The van der Waals surface area contributed by atoms with Gasteiger partial charge in [0.2, 0.25) is 0 Å². The predicted molar refractivity (Wildman–Crippen MR) is 31.4 cm³/mol. The van der Waals surface area contributed by atoms with E-state index in [0.29, 0.717) is 0 Å². The van der Waals surface area contributed by atoms with Crippen LogP contribution >= 0.6 is 15.5 Å². The number of nitrogens with two attached hydrogens (primary N) is 2. The predicted octanol–water partition coefficient (Wildman–Crippen LogP) is 1.10. The highest BCUT2D eigenvalue weighted by Gasteiger charge is 2.14. The lowest BCUT2D eigenvalue weighted by molar-refractivity contribution is 1.85. The fourth-order valence-electron chi connectivity index (χ4n) is 0.184. The summed E-state index contributed by atoms with van der Waals surface area (Å²) in [6, 6.07) is 0. The van der Waals surface area contributed by atoms with Crippen molar-refractivity contribution in [1.82, 2.24) is 0 Å². The number of hydrogen-bond acceptors (Lipinski definition) is 2. The minimum atomic E-state index is -0.595. The molecule has 4 heteroatoms. The summed E-state index contributed by atoms with van der Waals surface area (Å²) in [5, 5.41) is 0. The molecule has 1 aliphatic rings. The Labute approximate surface area is 39.1 Å². The molecule has 0 atom stereocenters. The molecule has 0 fully saturated rings. The molecule has 0 radical (unpaired) electrons. The molecule has 4 N–H and O–H groups in total. The second-order valence-electron chi connectivity index (χ2n) is 1.06. The van der Waals surface area contributed by atoms with Crippen molar-refractivity contribution in [3.8, 4) is 0 Å². The fraction of sp³-hybridized carbons (Fsp3) is 0. The van der Waals surface area contributed by atoms with Gasteiger partial charge in [0.25, 0.3) is 0 Å². The average Bonchev–Trinajstić information content (AvgIpc) is 2.06. The first-order chi connectivity index (χ1) is 2.80. The molecular weight excluding hydrogens is 114 g/mol. The summed E-state index contributed by atoms with van der Waals surface area (Å²) in [6.07, 6.45) is 0. The lowest BCUT2D eigenvalue weighted by Gasteiger charge is -1.97. The smallest absolute Gasteiger partial charge is 0.0618 e. The van der Waals surface area contributed by atoms with Crippen molar-refractivity contribution in [3.05, 3.63) is 11.6 Å². The first-order valence-corrected chi connectivity index (χ1v) is 5.23. The molecule has 34 valence electrons. The molecule has 2 nitrogen and oxygen atoms in total. The minimum absolute atomic E-state index is 0.0391. The van der Waals surface area contributed by atoms with E-state index in [0.717, 1.165) is 0 Å². The monoisotopic (exact) mass is 120 g/mol. The molecule has 0 amide bonds. The summed E-state index contributed by atoms with van der Waals surface area (Å²) in [5.41, 5.74) is 10.6. The van der Waals surface area contributed by atoms with Crippen molar-refractivity contribution in [3.63, 3.8) is 0 Å². The molecule has 0 aromatic rings. The number of hydrogen-bond donors (Lipinski definition) is 2. The Morgan fingerprint density at radius 1 is 1.33 bits per heavy atom. The third kappa shape index (κ3) is 0.990. The van der Waals surface area contributed by atoms with E-state index in [1.165, 1.54) is 0 Å². The van der Waals surface area contributed by atoms with E-state index in [4.69, 9.17) is 11.0 Å². The molecule has 1 aliphatic heterocycles. The topological polar surface area (TPSA) is 52.0 Å². The molecule has 0 aromatic heterocycles. The Kier molecular flexibility index (Phi) is 1.21. The van der Waals surface area contributed by atoms with Crippen LogP contribution < -0.4 is 11.0 Å². The molecule has 1 heterocycles. The largest absolute Gasteiger partial charge is 0.294 e. The summed E-state index contributed by atoms with van der Waals surface area (Å²) in [4.78, 5) is 0. The Morgan fingerprint density at radius 2 is 1.83 bits per heavy atom. The molecule has 0 saturated carbocycles. The van der Waals surface area contributed by atoms with Gasteiger partial charge < -0.3 is 0 Å². The van der Waals surface area contributed by atoms with Gasteiger partial charge in [0.05, 0.1) is 7.91 Å². The van der Waals surface area contributed by atoms with Crippen LogP contribution in [0, 0.1) is 0 Å². The molecule has 0 bridgehead atoms. The number of rotatable bonds is 1. The van der Waals surface area contributed by atoms with Crippen molar-refractivity contribution in [2.45, 2.75) is 0 Å². The quantitative estimate of drug-likeness (QED) is 0.509. The van der Waals surface area contributed by atoms with Gasteiger partial charge in [-0.1, -0.05) is 0 Å². The highest BCUT2D eigenvalue weighted by atomic mass is 32.1. The Balaban J connectivity index is 2.16. The lowest BCUT2D eigenvalue weighted by Crippen LogP contribution is -1.90. The average molecular weight is 120 g/mol. The fourth-order valence-corrected chi connectivity index (χ4v) is 2.19. The Morgan fingerprint density at radius 3 is 1.83 bits per heavy atom. The Bertz CT molecular complexity index is 73.6. The third-order valence-electron chi connectivity index (χ3n) is 0.549. The SMILES string of the molecule is NP(N)P1C=C1. The zero-order chi connectivity index (χ0) is 4.57. The van der Waals surface area contributed by atoms with E-state index in [1.807, 2.05) is 0 Å². The van der Waals surface area contributed by atoms with E-state index >= 15 is 0 Å². The van der Waals surface area contributed by atoms with Gasteiger partial charge in [-0.2, -0.15) is 0 Å². The van der Waals surface area contributed by atoms with Gasteiger partial charge >= 0.3 is 0 Å². The summed E-state index contributed by atoms with van der Waals surface area (Å²) < 4.78 is 0. The highest BCUT2D eigenvalue weighted by Crippen LogP contribution is 2.71. The van der Waals surface area contributed by atoms with Crippen LogP contribution in [0.3, 0.4) is 0 Å². The van der Waals surface area contributed by atoms with Crippen LogP contribution in [-0.2, 0) is 0 Å². The van der Waals surface area contributed by atoms with E-state index in [-0.39, 0.29) is 7.61 Å². The lowest BCUT2D eigenvalue weighted by atomic mass is 11.3. The normalized spacial score (nSPS) is 19.8. The van der Waals surface area contributed by atoms with Gasteiger partial charge in [0, 0.05) is 0 Å². The first kappa shape index (κ1) is 4.67. The van der Waals surface area contributed by atoms with Crippen LogP contribution in [0.25, 0.3) is 0 Å². The molecule has 0 unspecified atom stereocenters. The van der Waals surface area contributed by atoms with Crippen LogP contribution in [0.5, 0.6) is 0 Å². The zero-order valence-corrected chi connectivity index (χ0v) is 4.99. The van der Waals surface area contributed by atoms with Crippen molar-refractivity contribution in [2.75, 3.05) is 0 Å². The van der Waals surface area contributed by atoms with Gasteiger partial charge in [-0.05, 0) is 19.2 Å². The first-order valence-electron chi connectivity index (χ1n) is 1.57. The maximum atomic E-state index is 5.31. The summed E-state index contributed by atoms with van der Waals surface area (Å²) in [5.74, 6) is 4.17. The summed E-state index contributed by atoms with van der Waals surface area (Å²) >= 11 is 0. The molecule has 0 saturated heterocycles. The summed E-state index contributed by atoms with van der Waals surface area (Å²) in [7, 11) is -0.634. The van der Waals surface area contributed by atoms with Crippen LogP contribution in [0.15, 0.2) is 11.6 Å². The highest BCUT2D eigenvalue weighted by molar-refractivity contribution is 8.33.